The van der Waals surface area contributed by atoms with Crippen molar-refractivity contribution in [3.05, 3.63) is 50.6 Å². The van der Waals surface area contributed by atoms with Gasteiger partial charge in [-0.05, 0) is 41.9 Å². The lowest BCUT2D eigenvalue weighted by molar-refractivity contribution is -0.255. The van der Waals surface area contributed by atoms with Gasteiger partial charge in [-0.3, -0.25) is 9.59 Å². The first kappa shape index (κ1) is 19.1. The number of fused-ring (bicyclic) bond motifs is 2. The van der Waals surface area contributed by atoms with Crippen LogP contribution in [-0.2, 0) is 12.7 Å². The van der Waals surface area contributed by atoms with E-state index in [1.165, 1.54) is 11.1 Å². The molecule has 5 rings (SSSR count). The van der Waals surface area contributed by atoms with E-state index in [1.54, 1.807) is 13.2 Å². The third-order valence-corrected chi connectivity index (χ3v) is 8.32. The van der Waals surface area contributed by atoms with Crippen LogP contribution in [0.15, 0.2) is 29.2 Å². The van der Waals surface area contributed by atoms with Crippen molar-refractivity contribution in [2.24, 2.45) is 6.26 Å². The van der Waals surface area contributed by atoms with Crippen molar-refractivity contribution in [1.82, 2.24) is 4.57 Å². The molecule has 0 saturated heterocycles. The van der Waals surface area contributed by atoms with E-state index in [-0.39, 0.29) is 27.9 Å². The Balaban J connectivity index is 1.83. The zero-order valence-electron chi connectivity index (χ0n) is 16.8. The number of pyridine rings is 1. The third kappa shape index (κ3) is 2.72. The van der Waals surface area contributed by atoms with Crippen molar-refractivity contribution < 1.29 is 19.4 Å². The molecule has 0 radical (unpaired) electrons. The number of carbonyl (C=O) groups excluding carboxylic acids is 2. The molecule has 1 fully saturated rings. The van der Waals surface area contributed by atoms with Crippen LogP contribution in [0, 0.1) is 0 Å². The Bertz CT molecular complexity index is 1300. The number of carboxylic acids is 1. The molecule has 2 heterocycles. The number of methoxy groups -OCH3 is 1. The molecule has 1 unspecified atom stereocenters. The second kappa shape index (κ2) is 6.80. The van der Waals surface area contributed by atoms with Gasteiger partial charge in [0.25, 0.3) is 0 Å². The van der Waals surface area contributed by atoms with Crippen LogP contribution < -0.4 is 15.3 Å². The van der Waals surface area contributed by atoms with Crippen LogP contribution >= 0.6 is 10.5 Å². The highest BCUT2D eigenvalue weighted by Gasteiger charge is 2.33. The smallest absolute Gasteiger partial charge is 0.198 e. The van der Waals surface area contributed by atoms with Crippen LogP contribution in [0.2, 0.25) is 0 Å². The fourth-order valence-electron chi connectivity index (χ4n) is 4.51. The van der Waals surface area contributed by atoms with Gasteiger partial charge in [0, 0.05) is 31.1 Å². The number of carbonyl (C=O) groups is 2. The molecule has 3 aromatic rings. The lowest BCUT2D eigenvalue weighted by Gasteiger charge is -2.17. The average molecular weight is 423 g/mol. The maximum atomic E-state index is 12.8. The zero-order valence-corrected chi connectivity index (χ0v) is 17.6. The number of thiophene rings is 1. The van der Waals surface area contributed by atoms with Gasteiger partial charge in [0.15, 0.2) is 26.7 Å². The van der Waals surface area contributed by atoms with E-state index in [0.29, 0.717) is 23.1 Å². The summed E-state index contributed by atoms with van der Waals surface area (Å²) in [5, 5.41) is 11.8. The number of benzene rings is 1. The summed E-state index contributed by atoms with van der Waals surface area (Å²) in [5.74, 6) is -0.721. The second-order valence-electron chi connectivity index (χ2n) is 7.97. The predicted octanol–water partition coefficient (Wildman–Crippen LogP) is 3.18. The van der Waals surface area contributed by atoms with Crippen molar-refractivity contribution >= 4 is 33.1 Å². The topological polar surface area (TPSA) is 88.4 Å². The minimum Gasteiger partial charge on any atom is -0.545 e. The number of ether oxygens (including phenoxy) is 1. The summed E-state index contributed by atoms with van der Waals surface area (Å²) in [5.41, 5.74) is 1.41. The number of aromatic carboxylic acids is 1. The molecule has 6 nitrogen and oxygen atoms in total. The monoisotopic (exact) mass is 423 g/mol. The fraction of sp³-hybridized carbons (Fsp3) is 0.348. The molecule has 1 aromatic carbocycles. The molecule has 0 amide bonds. The Hall–Kier alpha value is -2.93. The number of aromatic nitrogens is 1. The lowest BCUT2D eigenvalue weighted by atomic mass is 9.97. The number of hydrogen-bond acceptors (Lipinski definition) is 5. The fourth-order valence-corrected chi connectivity index (χ4v) is 6.52. The molecule has 0 bridgehead atoms. The highest BCUT2D eigenvalue weighted by atomic mass is 32.2. The molecule has 0 spiro atoms. The minimum absolute atomic E-state index is 0.140. The van der Waals surface area contributed by atoms with E-state index >= 15 is 0 Å². The van der Waals surface area contributed by atoms with Gasteiger partial charge in [0.05, 0.1) is 40.7 Å². The SMILES string of the molecule is COc1c(-c2cc3c([s+]2C)CCCC3=O)ccc2c(=O)c(C(=O)[O-])cn(C3CC3)c12. The van der Waals surface area contributed by atoms with Gasteiger partial charge in [0.2, 0.25) is 0 Å². The summed E-state index contributed by atoms with van der Waals surface area (Å²) in [7, 11) is 1.34. The summed E-state index contributed by atoms with van der Waals surface area (Å²) in [6.45, 7) is 0. The van der Waals surface area contributed by atoms with Crippen molar-refractivity contribution in [2.45, 2.75) is 38.1 Å². The van der Waals surface area contributed by atoms with Crippen LogP contribution in [0.5, 0.6) is 5.75 Å². The average Bonchev–Trinajstić information content (AvgIpc) is 3.51. The first-order chi connectivity index (χ1) is 14.4. The quantitative estimate of drug-likeness (QED) is 0.602. The van der Waals surface area contributed by atoms with E-state index in [0.717, 1.165) is 41.7 Å². The number of Topliss-reactive ketones (excluding diaryl/α,β-unsaturated/α-hetero) is 1. The molecule has 30 heavy (non-hydrogen) atoms. The largest absolute Gasteiger partial charge is 0.545 e. The first-order valence-corrected chi connectivity index (χ1v) is 11.7. The molecule has 1 saturated carbocycles. The molecular formula is C23H21NO5S. The predicted molar refractivity (Wildman–Crippen MR) is 114 cm³/mol. The highest BCUT2D eigenvalue weighted by molar-refractivity contribution is 7.33. The normalized spacial score (nSPS) is 16.6. The number of nitrogens with zero attached hydrogens (tertiary/aromatic N) is 1. The molecular weight excluding hydrogens is 402 g/mol. The molecule has 0 N–H and O–H groups in total. The second-order valence-corrected chi connectivity index (χ2v) is 9.93. The maximum absolute atomic E-state index is 12.8. The Morgan fingerprint density at radius 3 is 2.60 bits per heavy atom. The van der Waals surface area contributed by atoms with Gasteiger partial charge in [-0.2, -0.15) is 0 Å². The Kier molecular flexibility index (Phi) is 4.32. The molecule has 154 valence electrons. The van der Waals surface area contributed by atoms with Gasteiger partial charge >= 0.3 is 0 Å². The van der Waals surface area contributed by atoms with Gasteiger partial charge in [-0.1, -0.05) is 0 Å². The summed E-state index contributed by atoms with van der Waals surface area (Å²) >= 11 is 0. The van der Waals surface area contributed by atoms with E-state index in [2.05, 4.69) is 6.26 Å². The van der Waals surface area contributed by atoms with E-state index < -0.39 is 11.4 Å². The first-order valence-electron chi connectivity index (χ1n) is 10.0. The van der Waals surface area contributed by atoms with Crippen LogP contribution in [0.1, 0.15) is 57.3 Å². The summed E-state index contributed by atoms with van der Waals surface area (Å²) in [4.78, 5) is 39.0. The van der Waals surface area contributed by atoms with Crippen LogP contribution in [0.25, 0.3) is 21.3 Å². The number of carboxylic acid groups (broad SMARTS) is 1. The third-order valence-electron chi connectivity index (χ3n) is 6.16. The van der Waals surface area contributed by atoms with Crippen molar-refractivity contribution in [2.75, 3.05) is 7.11 Å². The van der Waals surface area contributed by atoms with E-state index in [1.807, 2.05) is 16.7 Å². The Labute approximate surface area is 175 Å². The standard InChI is InChI=1S/C23H21NO5S/c1-29-22-13(19-10-15-17(25)4-3-5-18(15)30(19)2)8-9-14-20(22)24(12-6-7-12)11-16(21(14)26)23(27)28/h8-12H,3-7H2,1-2H3. The molecule has 2 aliphatic rings. The minimum atomic E-state index is -1.47. The van der Waals surface area contributed by atoms with Gasteiger partial charge < -0.3 is 19.2 Å². The van der Waals surface area contributed by atoms with E-state index in [4.69, 9.17) is 4.74 Å². The van der Waals surface area contributed by atoms with Crippen LogP contribution in [0.3, 0.4) is 0 Å². The van der Waals surface area contributed by atoms with Gasteiger partial charge in [0.1, 0.15) is 6.26 Å². The molecule has 7 heteroatoms. The van der Waals surface area contributed by atoms with Crippen molar-refractivity contribution in [3.63, 3.8) is 0 Å². The highest BCUT2D eigenvalue weighted by Crippen LogP contribution is 2.48. The van der Waals surface area contributed by atoms with Crippen LogP contribution in [-0.4, -0.2) is 23.4 Å². The van der Waals surface area contributed by atoms with Gasteiger partial charge in [-0.25, -0.2) is 0 Å². The number of hydrogen-bond donors (Lipinski definition) is 0. The summed E-state index contributed by atoms with van der Waals surface area (Å²) in [6, 6.07) is 5.62. The summed E-state index contributed by atoms with van der Waals surface area (Å²) < 4.78 is 7.66. The Morgan fingerprint density at radius 2 is 1.97 bits per heavy atom. The zero-order chi connectivity index (χ0) is 21.2. The molecule has 1 atom stereocenters. The van der Waals surface area contributed by atoms with E-state index in [9.17, 15) is 19.5 Å². The maximum Gasteiger partial charge on any atom is 0.198 e. The van der Waals surface area contributed by atoms with Gasteiger partial charge in [-0.15, -0.1) is 0 Å². The van der Waals surface area contributed by atoms with Crippen molar-refractivity contribution in [1.29, 1.82) is 0 Å². The molecule has 2 aliphatic carbocycles. The number of rotatable bonds is 4. The lowest BCUT2D eigenvalue weighted by Crippen LogP contribution is -2.30. The number of ketones is 1. The Morgan fingerprint density at radius 1 is 1.20 bits per heavy atom. The van der Waals surface area contributed by atoms with Crippen LogP contribution in [0.4, 0.5) is 0 Å². The molecule has 0 aliphatic heterocycles. The molecule has 2 aromatic heterocycles. The van der Waals surface area contributed by atoms with Crippen molar-refractivity contribution in [3.8, 4) is 16.2 Å². The summed E-state index contributed by atoms with van der Waals surface area (Å²) in [6.07, 6.45) is 7.76.